The highest BCUT2D eigenvalue weighted by Crippen LogP contribution is 2.39. The average Bonchev–Trinajstić information content (AvgIpc) is 3.42. The summed E-state index contributed by atoms with van der Waals surface area (Å²) >= 11 is 0. The summed E-state index contributed by atoms with van der Waals surface area (Å²) in [7, 11) is 0. The van der Waals surface area contributed by atoms with Gasteiger partial charge in [-0.3, -0.25) is 14.4 Å². The molecule has 77 heavy (non-hydrogen) atoms. The Hall–Kier alpha value is -2.31. The van der Waals surface area contributed by atoms with Gasteiger partial charge >= 0.3 is 17.9 Å². The van der Waals surface area contributed by atoms with E-state index in [4.69, 9.17) is 61.6 Å². The third-order valence-electron chi connectivity index (χ3n) is 15.7. The molecule has 6 rings (SSSR count). The number of aliphatic hydroxyl groups is 8. The number of rotatable bonds is 14. The van der Waals surface area contributed by atoms with Crippen LogP contribution in [0, 0.1) is 5.92 Å². The summed E-state index contributed by atoms with van der Waals surface area (Å²) in [4.78, 5) is 39.6. The van der Waals surface area contributed by atoms with E-state index in [0.29, 0.717) is 19.3 Å². The first kappa shape index (κ1) is 63.9. The zero-order valence-electron chi connectivity index (χ0n) is 46.1. The number of carbonyl (C=O) groups excluding carboxylic acids is 3. The van der Waals surface area contributed by atoms with E-state index in [-0.39, 0.29) is 12.5 Å². The molecule has 0 unspecified atom stereocenters. The number of unbranched alkanes of at least 4 members (excludes halogenated alkanes) is 2. The third-order valence-corrected chi connectivity index (χ3v) is 15.7. The predicted octanol–water partition coefficient (Wildman–Crippen LogP) is 1.43. The molecule has 0 amide bonds. The first-order valence-corrected chi connectivity index (χ1v) is 28.1. The molecule has 6 aliphatic rings. The van der Waals surface area contributed by atoms with Crippen LogP contribution in [-0.4, -0.2) is 218 Å². The summed E-state index contributed by atoms with van der Waals surface area (Å²) in [6, 6.07) is 0. The lowest BCUT2D eigenvalue weighted by Crippen LogP contribution is -2.68. The maximum atomic E-state index is 14.0. The van der Waals surface area contributed by atoms with Crippen molar-refractivity contribution in [1.29, 1.82) is 0 Å². The van der Waals surface area contributed by atoms with Crippen LogP contribution in [0.4, 0.5) is 0 Å². The van der Waals surface area contributed by atoms with Gasteiger partial charge in [-0.15, -0.1) is 0 Å². The van der Waals surface area contributed by atoms with E-state index in [0.717, 1.165) is 71.1 Å². The van der Waals surface area contributed by atoms with Gasteiger partial charge in [-0.2, -0.15) is 0 Å². The Labute approximate surface area is 451 Å². The summed E-state index contributed by atoms with van der Waals surface area (Å²) in [6.07, 6.45) is -27.6. The highest BCUT2D eigenvalue weighted by atomic mass is 16.8. The molecular formula is C53H90O24. The largest absolute Gasteiger partial charge is 0.457 e. The van der Waals surface area contributed by atoms with Crippen molar-refractivity contribution in [2.75, 3.05) is 0 Å². The van der Waals surface area contributed by atoms with Gasteiger partial charge in [0.1, 0.15) is 73.2 Å². The summed E-state index contributed by atoms with van der Waals surface area (Å²) < 4.78 is 80.8. The second-order valence-corrected chi connectivity index (χ2v) is 21.9. The second-order valence-electron chi connectivity index (χ2n) is 21.9. The quantitative estimate of drug-likeness (QED) is 0.0693. The molecule has 24 nitrogen and oxygen atoms in total. The minimum absolute atomic E-state index is 0.0239. The Bertz CT molecular complexity index is 1820. The van der Waals surface area contributed by atoms with Crippen LogP contribution in [0.2, 0.25) is 0 Å². The predicted molar refractivity (Wildman–Crippen MR) is 265 cm³/mol. The van der Waals surface area contributed by atoms with Gasteiger partial charge in [0.2, 0.25) is 0 Å². The lowest BCUT2D eigenvalue weighted by Gasteiger charge is -2.51. The molecular weight excluding hydrogens is 1020 g/mol. The molecule has 0 aromatic carbocycles. The zero-order valence-corrected chi connectivity index (χ0v) is 46.1. The first-order valence-electron chi connectivity index (χ1n) is 28.1. The van der Waals surface area contributed by atoms with E-state index in [1.807, 2.05) is 0 Å². The van der Waals surface area contributed by atoms with E-state index in [1.54, 1.807) is 20.8 Å². The van der Waals surface area contributed by atoms with Crippen molar-refractivity contribution in [3.63, 3.8) is 0 Å². The Morgan fingerprint density at radius 1 is 0.519 bits per heavy atom. The normalized spacial score (nSPS) is 45.5. The highest BCUT2D eigenvalue weighted by molar-refractivity contribution is 5.72. The molecule has 0 bridgehead atoms. The first-order chi connectivity index (χ1) is 36.6. The lowest BCUT2D eigenvalue weighted by molar-refractivity contribution is -0.399. The molecule has 27 atom stereocenters. The molecule has 0 saturated carbocycles. The van der Waals surface area contributed by atoms with Gasteiger partial charge in [0.25, 0.3) is 0 Å². The SMILES string of the molecule is CCCCC[C@H]1CCCCCCCCCC(=O)O[C@H]2[C@H](O[C@H]3[C@H](O1)O[C@H](C)[C@H](O)[C@@H]3O)O[C@@H](C)[C@H](O[C@@H]1O[C@@H](C)[C@H](O[C@@H]3O[C@@H](C)[C@H](OC(C)=O)[C@@H](O)[C@H]3O)[C@@H](O[C@@H]3O[C@@H](C)[C@H](O)[C@@H](O)[C@H]3O)[C@H]1OC(=O)[C@@H](C)CC)[C@H]2O. The van der Waals surface area contributed by atoms with Gasteiger partial charge in [-0.1, -0.05) is 78.6 Å². The molecule has 6 saturated heterocycles. The number of esters is 3. The molecule has 0 spiro atoms. The number of ether oxygens (including phenoxy) is 13. The molecule has 6 fully saturated rings. The number of hydrogen-bond donors (Lipinski definition) is 8. The van der Waals surface area contributed by atoms with Crippen LogP contribution in [0.1, 0.15) is 152 Å². The lowest BCUT2D eigenvalue weighted by atomic mass is 9.95. The Balaban J connectivity index is 1.35. The van der Waals surface area contributed by atoms with E-state index in [9.17, 15) is 55.2 Å². The van der Waals surface area contributed by atoms with Crippen LogP contribution in [0.15, 0.2) is 0 Å². The van der Waals surface area contributed by atoms with Crippen LogP contribution in [0.25, 0.3) is 0 Å². The van der Waals surface area contributed by atoms with Gasteiger partial charge in [-0.05, 0) is 60.3 Å². The minimum atomic E-state index is -1.90. The fraction of sp³-hybridized carbons (Fsp3) is 0.943. The summed E-state index contributed by atoms with van der Waals surface area (Å²) in [6.45, 7) is 14.1. The molecule has 0 radical (unpaired) electrons. The van der Waals surface area contributed by atoms with Crippen molar-refractivity contribution in [3.8, 4) is 0 Å². The van der Waals surface area contributed by atoms with Gasteiger partial charge in [0.15, 0.2) is 49.8 Å². The summed E-state index contributed by atoms with van der Waals surface area (Å²) in [5, 5.41) is 90.6. The molecule has 6 heterocycles. The number of fused-ring (bicyclic) bond motifs is 2. The van der Waals surface area contributed by atoms with Crippen molar-refractivity contribution in [2.24, 2.45) is 5.92 Å². The van der Waals surface area contributed by atoms with Crippen LogP contribution in [-0.2, 0) is 76.0 Å². The molecule has 0 aromatic rings. The van der Waals surface area contributed by atoms with E-state index >= 15 is 0 Å². The highest BCUT2D eigenvalue weighted by Gasteiger charge is 2.58. The van der Waals surface area contributed by atoms with Crippen LogP contribution in [0.5, 0.6) is 0 Å². The van der Waals surface area contributed by atoms with Gasteiger partial charge in [-0.25, -0.2) is 0 Å². The molecule has 0 aromatic heterocycles. The Kier molecular flexibility index (Phi) is 24.6. The monoisotopic (exact) mass is 1110 g/mol. The van der Waals surface area contributed by atoms with Crippen molar-refractivity contribution in [1.82, 2.24) is 0 Å². The molecule has 446 valence electrons. The molecule has 6 aliphatic heterocycles. The smallest absolute Gasteiger partial charge is 0.309 e. The maximum Gasteiger partial charge on any atom is 0.309 e. The summed E-state index contributed by atoms with van der Waals surface area (Å²) in [5.41, 5.74) is 0. The molecule has 24 heteroatoms. The van der Waals surface area contributed by atoms with Crippen molar-refractivity contribution < 1.29 is 117 Å². The topological polar surface area (TPSA) is 333 Å². The van der Waals surface area contributed by atoms with Crippen LogP contribution < -0.4 is 0 Å². The van der Waals surface area contributed by atoms with Crippen molar-refractivity contribution in [3.05, 3.63) is 0 Å². The van der Waals surface area contributed by atoms with E-state index in [1.165, 1.54) is 27.7 Å². The van der Waals surface area contributed by atoms with Crippen LogP contribution >= 0.6 is 0 Å². The third kappa shape index (κ3) is 16.2. The maximum absolute atomic E-state index is 14.0. The molecule has 0 aliphatic carbocycles. The average molecular weight is 1110 g/mol. The summed E-state index contributed by atoms with van der Waals surface area (Å²) in [5.74, 6) is -2.98. The number of aliphatic hydroxyl groups excluding tert-OH is 8. The van der Waals surface area contributed by atoms with Crippen LogP contribution in [0.3, 0.4) is 0 Å². The van der Waals surface area contributed by atoms with E-state index < -0.39 is 177 Å². The fourth-order valence-corrected chi connectivity index (χ4v) is 10.7. The number of carbonyl (C=O) groups is 3. The van der Waals surface area contributed by atoms with Crippen molar-refractivity contribution in [2.45, 2.75) is 312 Å². The Morgan fingerprint density at radius 3 is 1.71 bits per heavy atom. The molecule has 8 N–H and O–H groups in total. The van der Waals surface area contributed by atoms with Gasteiger partial charge in [0.05, 0.1) is 42.5 Å². The standard InChI is InChI=1S/C53H90O24/c1-10-12-18-21-31-22-19-16-14-13-15-17-20-23-32(55)72-45-40(63)42(28(7)68-52(45)76-44-36(59)34(57)26(5)66-51(44)71-31)74-53-47(73-48(64)24(3)11-2)46(77-49-38(61)35(58)33(56)25(4)65-49)43(29(8)69-53)75-50-39(62)37(60)41(27(6)67-50)70-30(9)54/h24-29,31,33-47,49-53,56-63H,10-23H2,1-9H3/t24-,25-,26+,27-,28-,29-,31-,33-,34-,35+,36-,37-,38+,39+,40+,41-,42-,43-,44+,45+,46+,47+,49-,50-,51-,52-,53-/m0/s1. The van der Waals surface area contributed by atoms with Crippen molar-refractivity contribution >= 4 is 17.9 Å². The van der Waals surface area contributed by atoms with Gasteiger partial charge < -0.3 is 102 Å². The van der Waals surface area contributed by atoms with Gasteiger partial charge in [0, 0.05) is 13.3 Å². The number of hydrogen-bond acceptors (Lipinski definition) is 24. The zero-order chi connectivity index (χ0) is 56.4. The second kappa shape index (κ2) is 29.6. The fourth-order valence-electron chi connectivity index (χ4n) is 10.7. The van der Waals surface area contributed by atoms with E-state index in [2.05, 4.69) is 6.92 Å². The minimum Gasteiger partial charge on any atom is -0.457 e. The Morgan fingerprint density at radius 2 is 1.05 bits per heavy atom.